The molecule has 0 fully saturated rings. The fourth-order valence-corrected chi connectivity index (χ4v) is 3.12. The first kappa shape index (κ1) is 20.3. The summed E-state index contributed by atoms with van der Waals surface area (Å²) in [5.74, 6) is -0.702. The Labute approximate surface area is 170 Å². The van der Waals surface area contributed by atoms with E-state index in [1.165, 1.54) is 5.56 Å². The molecule has 0 amide bonds. The summed E-state index contributed by atoms with van der Waals surface area (Å²) in [7, 11) is 0. The highest BCUT2D eigenvalue weighted by Crippen LogP contribution is 2.33. The Bertz CT molecular complexity index is 1020. The number of carbonyl (C=O) groups excluding carboxylic acids is 1. The summed E-state index contributed by atoms with van der Waals surface area (Å²) in [6.45, 7) is 8.00. The molecule has 6 heteroatoms. The Hall–Kier alpha value is -3.41. The van der Waals surface area contributed by atoms with Crippen molar-refractivity contribution >= 4 is 11.5 Å². The first-order valence-electron chi connectivity index (χ1n) is 9.55. The molecule has 1 atom stereocenters. The maximum atomic E-state index is 12.4. The normalized spacial score (nSPS) is 13.0. The van der Waals surface area contributed by atoms with Crippen LogP contribution in [0.25, 0.3) is 5.57 Å². The van der Waals surface area contributed by atoms with Crippen LogP contribution < -0.4 is 5.73 Å². The minimum atomic E-state index is -0.597. The molecule has 0 bridgehead atoms. The summed E-state index contributed by atoms with van der Waals surface area (Å²) in [6.07, 6.45) is 0. The zero-order valence-corrected chi connectivity index (χ0v) is 17.1. The SMILES string of the molecule is CCOC(=O)/C(N)=C(\c1ccc(C)cc1)c1nonc1C(C)c1ccc(C)cc1. The molecule has 0 saturated heterocycles. The average molecular weight is 391 g/mol. The van der Waals surface area contributed by atoms with Crippen LogP contribution in [0.4, 0.5) is 0 Å². The predicted octanol–water partition coefficient (Wildman–Crippen LogP) is 4.12. The van der Waals surface area contributed by atoms with Gasteiger partial charge in [-0.1, -0.05) is 71.7 Å². The average Bonchev–Trinajstić information content (AvgIpc) is 3.19. The monoisotopic (exact) mass is 391 g/mol. The Balaban J connectivity index is 2.14. The zero-order valence-electron chi connectivity index (χ0n) is 17.1. The van der Waals surface area contributed by atoms with Crippen LogP contribution in [-0.2, 0) is 9.53 Å². The molecule has 3 rings (SSSR count). The van der Waals surface area contributed by atoms with Crippen LogP contribution in [0.3, 0.4) is 0 Å². The number of ether oxygens (including phenoxy) is 1. The van der Waals surface area contributed by atoms with Crippen LogP contribution in [0.5, 0.6) is 0 Å². The Kier molecular flexibility index (Phi) is 6.12. The van der Waals surface area contributed by atoms with E-state index in [1.54, 1.807) is 6.92 Å². The first-order chi connectivity index (χ1) is 13.9. The molecule has 1 unspecified atom stereocenters. The van der Waals surface area contributed by atoms with Crippen molar-refractivity contribution in [1.29, 1.82) is 0 Å². The van der Waals surface area contributed by atoms with Gasteiger partial charge in [-0.2, -0.15) is 0 Å². The second-order valence-corrected chi connectivity index (χ2v) is 7.01. The topological polar surface area (TPSA) is 91.2 Å². The molecular weight excluding hydrogens is 366 g/mol. The van der Waals surface area contributed by atoms with Crippen molar-refractivity contribution in [2.75, 3.05) is 6.61 Å². The second kappa shape index (κ2) is 8.73. The number of hydrogen-bond donors (Lipinski definition) is 1. The number of benzene rings is 2. The van der Waals surface area contributed by atoms with Crippen LogP contribution in [0, 0.1) is 13.8 Å². The fraction of sp³-hybridized carbons (Fsp3) is 0.261. The van der Waals surface area contributed by atoms with E-state index < -0.39 is 5.97 Å². The molecule has 1 aromatic heterocycles. The van der Waals surface area contributed by atoms with Crippen molar-refractivity contribution in [2.24, 2.45) is 5.73 Å². The molecule has 0 aliphatic rings. The number of nitrogens with two attached hydrogens (primary N) is 1. The maximum Gasteiger partial charge on any atom is 0.354 e. The lowest BCUT2D eigenvalue weighted by molar-refractivity contribution is -0.138. The minimum absolute atomic E-state index is 0.0243. The second-order valence-electron chi connectivity index (χ2n) is 7.01. The molecule has 0 aliphatic heterocycles. The summed E-state index contributed by atoms with van der Waals surface area (Å²) in [6, 6.07) is 15.9. The largest absolute Gasteiger partial charge is 0.461 e. The van der Waals surface area contributed by atoms with Gasteiger partial charge in [0.25, 0.3) is 0 Å². The van der Waals surface area contributed by atoms with Gasteiger partial charge in [0, 0.05) is 11.5 Å². The summed E-state index contributed by atoms with van der Waals surface area (Å²) in [4.78, 5) is 12.4. The van der Waals surface area contributed by atoms with Crippen LogP contribution in [0.2, 0.25) is 0 Å². The molecule has 2 aromatic carbocycles. The number of aromatic nitrogens is 2. The first-order valence-corrected chi connectivity index (χ1v) is 9.55. The molecule has 2 N–H and O–H groups in total. The van der Waals surface area contributed by atoms with Crippen molar-refractivity contribution in [3.05, 3.63) is 87.9 Å². The van der Waals surface area contributed by atoms with Gasteiger partial charge in [0.05, 0.1) is 6.61 Å². The van der Waals surface area contributed by atoms with E-state index >= 15 is 0 Å². The van der Waals surface area contributed by atoms with Gasteiger partial charge >= 0.3 is 5.97 Å². The Morgan fingerprint density at radius 2 is 1.62 bits per heavy atom. The lowest BCUT2D eigenvalue weighted by Gasteiger charge is -2.14. The van der Waals surface area contributed by atoms with E-state index in [0.29, 0.717) is 17.0 Å². The van der Waals surface area contributed by atoms with Gasteiger partial charge in [-0.05, 0) is 37.1 Å². The van der Waals surface area contributed by atoms with Gasteiger partial charge in [0.15, 0.2) is 0 Å². The minimum Gasteiger partial charge on any atom is -0.461 e. The van der Waals surface area contributed by atoms with Gasteiger partial charge in [0.1, 0.15) is 17.1 Å². The number of rotatable bonds is 6. The smallest absolute Gasteiger partial charge is 0.354 e. The number of carbonyl (C=O) groups is 1. The highest BCUT2D eigenvalue weighted by molar-refractivity contribution is 6.00. The van der Waals surface area contributed by atoms with Gasteiger partial charge in [-0.25, -0.2) is 9.42 Å². The third-order valence-electron chi connectivity index (χ3n) is 4.84. The third-order valence-corrected chi connectivity index (χ3v) is 4.84. The van der Waals surface area contributed by atoms with E-state index in [2.05, 4.69) is 10.3 Å². The van der Waals surface area contributed by atoms with Crippen molar-refractivity contribution in [1.82, 2.24) is 10.3 Å². The Morgan fingerprint density at radius 1 is 1.03 bits per heavy atom. The molecule has 1 heterocycles. The molecule has 29 heavy (non-hydrogen) atoms. The van der Waals surface area contributed by atoms with E-state index in [0.717, 1.165) is 16.7 Å². The van der Waals surface area contributed by atoms with Crippen molar-refractivity contribution in [3.63, 3.8) is 0 Å². The van der Waals surface area contributed by atoms with E-state index in [4.69, 9.17) is 15.1 Å². The molecule has 0 saturated carbocycles. The van der Waals surface area contributed by atoms with Crippen molar-refractivity contribution in [3.8, 4) is 0 Å². The zero-order chi connectivity index (χ0) is 21.0. The summed E-state index contributed by atoms with van der Waals surface area (Å²) < 4.78 is 10.2. The highest BCUT2D eigenvalue weighted by atomic mass is 16.6. The standard InChI is InChI=1S/C23H25N3O3/c1-5-28-23(27)20(24)19(18-12-8-15(3)9-13-18)22-21(25-29-26-22)16(4)17-10-6-14(2)7-11-17/h6-13,16H,5,24H2,1-4H3/b20-19-. The highest BCUT2D eigenvalue weighted by Gasteiger charge is 2.26. The lowest BCUT2D eigenvalue weighted by atomic mass is 9.91. The third kappa shape index (κ3) is 4.37. The van der Waals surface area contributed by atoms with E-state index in [9.17, 15) is 4.79 Å². The van der Waals surface area contributed by atoms with E-state index in [-0.39, 0.29) is 18.2 Å². The van der Waals surface area contributed by atoms with Gasteiger partial charge in [0.2, 0.25) is 0 Å². The molecule has 0 spiro atoms. The lowest BCUT2D eigenvalue weighted by Crippen LogP contribution is -2.18. The molecule has 6 nitrogen and oxygen atoms in total. The number of esters is 1. The van der Waals surface area contributed by atoms with Gasteiger partial charge in [-0.3, -0.25) is 0 Å². The van der Waals surface area contributed by atoms with Gasteiger partial charge < -0.3 is 10.5 Å². The summed E-state index contributed by atoms with van der Waals surface area (Å²) >= 11 is 0. The number of hydrogen-bond acceptors (Lipinski definition) is 6. The van der Waals surface area contributed by atoms with E-state index in [1.807, 2.05) is 69.3 Å². The predicted molar refractivity (Wildman–Crippen MR) is 111 cm³/mol. The summed E-state index contributed by atoms with van der Waals surface area (Å²) in [5.41, 5.74) is 11.8. The van der Waals surface area contributed by atoms with Gasteiger partial charge in [-0.15, -0.1) is 0 Å². The number of nitrogens with zero attached hydrogens (tertiary/aromatic N) is 2. The maximum absolute atomic E-state index is 12.4. The fourth-order valence-electron chi connectivity index (χ4n) is 3.12. The van der Waals surface area contributed by atoms with Crippen LogP contribution in [-0.4, -0.2) is 22.9 Å². The molecule has 3 aromatic rings. The van der Waals surface area contributed by atoms with Crippen LogP contribution in [0.15, 0.2) is 58.9 Å². The Morgan fingerprint density at radius 3 is 2.21 bits per heavy atom. The van der Waals surface area contributed by atoms with Crippen molar-refractivity contribution in [2.45, 2.75) is 33.6 Å². The van der Waals surface area contributed by atoms with Crippen LogP contribution >= 0.6 is 0 Å². The molecular formula is C23H25N3O3. The van der Waals surface area contributed by atoms with Crippen molar-refractivity contribution < 1.29 is 14.2 Å². The molecule has 150 valence electrons. The van der Waals surface area contributed by atoms with Crippen LogP contribution in [0.1, 0.15) is 53.4 Å². The summed E-state index contributed by atoms with van der Waals surface area (Å²) in [5, 5.41) is 8.25. The molecule has 0 radical (unpaired) electrons. The number of aryl methyl sites for hydroxylation is 2. The molecule has 0 aliphatic carbocycles. The quantitative estimate of drug-likeness (QED) is 0.502.